The molecule has 2 rings (SSSR count). The molecule has 1 amide bonds. The summed E-state index contributed by atoms with van der Waals surface area (Å²) in [5, 5.41) is 12.1. The summed E-state index contributed by atoms with van der Waals surface area (Å²) in [6, 6.07) is 7.61. The first kappa shape index (κ1) is 14.3. The van der Waals surface area contributed by atoms with Gasteiger partial charge in [0.15, 0.2) is 0 Å². The predicted molar refractivity (Wildman–Crippen MR) is 77.4 cm³/mol. The summed E-state index contributed by atoms with van der Waals surface area (Å²) in [6.07, 6.45) is 5.45. The largest absolute Gasteiger partial charge is 0.481 e. The third-order valence-corrected chi connectivity index (χ3v) is 3.74. The Morgan fingerprint density at radius 2 is 1.85 bits per heavy atom. The van der Waals surface area contributed by atoms with Gasteiger partial charge in [-0.05, 0) is 30.9 Å². The van der Waals surface area contributed by atoms with Crippen molar-refractivity contribution in [1.82, 2.24) is 0 Å². The summed E-state index contributed by atoms with van der Waals surface area (Å²) in [6.45, 7) is 2.02. The Bertz CT molecular complexity index is 536. The minimum atomic E-state index is -0.904. The number of allylic oxidation sites excluding steroid dienone is 2. The normalized spacial score (nSPS) is 21.4. The Morgan fingerprint density at radius 1 is 1.20 bits per heavy atom. The van der Waals surface area contributed by atoms with Crippen molar-refractivity contribution in [2.24, 2.45) is 11.8 Å². The van der Waals surface area contributed by atoms with Crippen molar-refractivity contribution in [3.63, 3.8) is 0 Å². The molecular formula is C16H19NO3. The van der Waals surface area contributed by atoms with E-state index in [9.17, 15) is 14.7 Å². The summed E-state index contributed by atoms with van der Waals surface area (Å²) in [5.74, 6) is -2.24. The van der Waals surface area contributed by atoms with Crippen molar-refractivity contribution in [3.05, 3.63) is 42.0 Å². The van der Waals surface area contributed by atoms with Gasteiger partial charge in [0.1, 0.15) is 0 Å². The highest BCUT2D eigenvalue weighted by Gasteiger charge is 2.34. The van der Waals surface area contributed by atoms with E-state index in [4.69, 9.17) is 0 Å². The molecule has 0 aliphatic heterocycles. The van der Waals surface area contributed by atoms with Gasteiger partial charge in [0.05, 0.1) is 11.8 Å². The van der Waals surface area contributed by atoms with Crippen LogP contribution in [0.4, 0.5) is 5.69 Å². The second-order valence-electron chi connectivity index (χ2n) is 4.99. The molecule has 0 saturated heterocycles. The summed E-state index contributed by atoms with van der Waals surface area (Å²) in [7, 11) is 0. The van der Waals surface area contributed by atoms with Crippen molar-refractivity contribution < 1.29 is 14.7 Å². The monoisotopic (exact) mass is 273 g/mol. The van der Waals surface area contributed by atoms with E-state index in [-0.39, 0.29) is 5.91 Å². The van der Waals surface area contributed by atoms with Crippen LogP contribution in [0.25, 0.3) is 0 Å². The third-order valence-electron chi connectivity index (χ3n) is 3.74. The molecule has 0 heterocycles. The number of rotatable bonds is 4. The lowest BCUT2D eigenvalue weighted by atomic mass is 9.82. The molecule has 20 heavy (non-hydrogen) atoms. The van der Waals surface area contributed by atoms with Crippen LogP contribution >= 0.6 is 0 Å². The van der Waals surface area contributed by atoms with Gasteiger partial charge >= 0.3 is 5.97 Å². The van der Waals surface area contributed by atoms with Crippen molar-refractivity contribution in [3.8, 4) is 0 Å². The van der Waals surface area contributed by atoms with Gasteiger partial charge in [0, 0.05) is 5.69 Å². The van der Waals surface area contributed by atoms with Crippen LogP contribution in [0, 0.1) is 11.8 Å². The van der Waals surface area contributed by atoms with E-state index in [1.165, 1.54) is 0 Å². The summed E-state index contributed by atoms with van der Waals surface area (Å²) in [5.41, 5.74) is 1.83. The van der Waals surface area contributed by atoms with E-state index in [1.807, 2.05) is 43.3 Å². The molecule has 2 atom stereocenters. The number of nitrogens with one attached hydrogen (secondary N) is 1. The van der Waals surface area contributed by atoms with Crippen LogP contribution in [-0.2, 0) is 16.0 Å². The highest BCUT2D eigenvalue weighted by molar-refractivity contribution is 5.96. The zero-order chi connectivity index (χ0) is 14.5. The third kappa shape index (κ3) is 3.07. The molecule has 0 unspecified atom stereocenters. The number of aliphatic carboxylic acids is 1. The Hall–Kier alpha value is -2.10. The molecule has 1 aliphatic rings. The average Bonchev–Trinajstić information content (AvgIpc) is 2.47. The SMILES string of the molecule is CCc1ccccc1NC(=O)[C@@H]1CC=CC[C@@H]1C(=O)O. The quantitative estimate of drug-likeness (QED) is 0.829. The van der Waals surface area contributed by atoms with E-state index < -0.39 is 17.8 Å². The zero-order valence-corrected chi connectivity index (χ0v) is 11.5. The molecule has 1 aromatic rings. The fourth-order valence-electron chi connectivity index (χ4n) is 2.55. The molecule has 0 saturated carbocycles. The van der Waals surface area contributed by atoms with Gasteiger partial charge in [-0.2, -0.15) is 0 Å². The number of hydrogen-bond donors (Lipinski definition) is 2. The van der Waals surface area contributed by atoms with E-state index in [0.29, 0.717) is 12.8 Å². The van der Waals surface area contributed by atoms with Crippen LogP contribution in [0.15, 0.2) is 36.4 Å². The Labute approximate surface area is 118 Å². The number of para-hydroxylation sites is 1. The molecule has 0 spiro atoms. The maximum atomic E-state index is 12.3. The summed E-state index contributed by atoms with van der Waals surface area (Å²) < 4.78 is 0. The molecule has 0 fully saturated rings. The maximum Gasteiger partial charge on any atom is 0.307 e. The highest BCUT2D eigenvalue weighted by Crippen LogP contribution is 2.27. The fraction of sp³-hybridized carbons (Fsp3) is 0.375. The molecule has 0 bridgehead atoms. The highest BCUT2D eigenvalue weighted by atomic mass is 16.4. The molecule has 2 N–H and O–H groups in total. The van der Waals surface area contributed by atoms with E-state index >= 15 is 0 Å². The van der Waals surface area contributed by atoms with Crippen LogP contribution < -0.4 is 5.32 Å². The number of carbonyl (C=O) groups excluding carboxylic acids is 1. The molecule has 1 aliphatic carbocycles. The lowest BCUT2D eigenvalue weighted by Gasteiger charge is -2.24. The zero-order valence-electron chi connectivity index (χ0n) is 11.5. The number of carbonyl (C=O) groups is 2. The summed E-state index contributed by atoms with van der Waals surface area (Å²) in [4.78, 5) is 23.6. The Morgan fingerprint density at radius 3 is 2.50 bits per heavy atom. The first-order valence-corrected chi connectivity index (χ1v) is 6.90. The number of amides is 1. The first-order chi connectivity index (χ1) is 9.63. The standard InChI is InChI=1S/C16H19NO3/c1-2-11-7-3-6-10-14(11)17-15(18)12-8-4-5-9-13(12)16(19)20/h3-7,10,12-13H,2,8-9H2,1H3,(H,17,18)(H,19,20)/t12-,13+/m1/s1. The van der Waals surface area contributed by atoms with E-state index in [2.05, 4.69) is 5.32 Å². The van der Waals surface area contributed by atoms with Crippen LogP contribution in [0.2, 0.25) is 0 Å². The van der Waals surface area contributed by atoms with Gasteiger partial charge in [-0.25, -0.2) is 0 Å². The molecule has 106 valence electrons. The predicted octanol–water partition coefficient (Wildman–Crippen LogP) is 2.85. The first-order valence-electron chi connectivity index (χ1n) is 6.90. The number of anilines is 1. The molecule has 0 aromatic heterocycles. The molecule has 4 heteroatoms. The second-order valence-corrected chi connectivity index (χ2v) is 4.99. The Balaban J connectivity index is 2.14. The maximum absolute atomic E-state index is 12.3. The van der Waals surface area contributed by atoms with Gasteiger partial charge in [-0.3, -0.25) is 9.59 Å². The number of benzene rings is 1. The number of carboxylic acids is 1. The summed E-state index contributed by atoms with van der Waals surface area (Å²) >= 11 is 0. The molecule has 1 aromatic carbocycles. The number of aryl methyl sites for hydroxylation is 1. The van der Waals surface area contributed by atoms with Gasteiger partial charge < -0.3 is 10.4 Å². The van der Waals surface area contributed by atoms with Gasteiger partial charge in [-0.15, -0.1) is 0 Å². The van der Waals surface area contributed by atoms with Crippen molar-refractivity contribution >= 4 is 17.6 Å². The molecule has 0 radical (unpaired) electrons. The topological polar surface area (TPSA) is 66.4 Å². The number of carboxylic acid groups (broad SMARTS) is 1. The molecule has 4 nitrogen and oxygen atoms in total. The minimum absolute atomic E-state index is 0.206. The van der Waals surface area contributed by atoms with Gasteiger partial charge in [0.2, 0.25) is 5.91 Å². The lowest BCUT2D eigenvalue weighted by Crippen LogP contribution is -2.34. The van der Waals surface area contributed by atoms with E-state index in [1.54, 1.807) is 0 Å². The average molecular weight is 273 g/mol. The van der Waals surface area contributed by atoms with Gasteiger partial charge in [0.25, 0.3) is 0 Å². The second kappa shape index (κ2) is 6.37. The van der Waals surface area contributed by atoms with E-state index in [0.717, 1.165) is 17.7 Å². The fourth-order valence-corrected chi connectivity index (χ4v) is 2.55. The van der Waals surface area contributed by atoms with Crippen LogP contribution in [0.5, 0.6) is 0 Å². The number of hydrogen-bond acceptors (Lipinski definition) is 2. The van der Waals surface area contributed by atoms with Crippen LogP contribution in [0.3, 0.4) is 0 Å². The molecular weight excluding hydrogens is 254 g/mol. The van der Waals surface area contributed by atoms with Gasteiger partial charge in [-0.1, -0.05) is 37.3 Å². The minimum Gasteiger partial charge on any atom is -0.481 e. The van der Waals surface area contributed by atoms with Crippen LogP contribution in [-0.4, -0.2) is 17.0 Å². The Kier molecular flexibility index (Phi) is 4.56. The smallest absolute Gasteiger partial charge is 0.307 e. The van der Waals surface area contributed by atoms with Crippen LogP contribution in [0.1, 0.15) is 25.3 Å². The lowest BCUT2D eigenvalue weighted by molar-refractivity contribution is -0.146. The van der Waals surface area contributed by atoms with Crippen molar-refractivity contribution in [1.29, 1.82) is 0 Å². The van der Waals surface area contributed by atoms with Crippen molar-refractivity contribution in [2.45, 2.75) is 26.2 Å². The van der Waals surface area contributed by atoms with Crippen molar-refractivity contribution in [2.75, 3.05) is 5.32 Å².